The van der Waals surface area contributed by atoms with Crippen LogP contribution in [0.4, 0.5) is 5.69 Å². The molecule has 0 fully saturated rings. The van der Waals surface area contributed by atoms with Crippen molar-refractivity contribution in [1.29, 1.82) is 0 Å². The molecule has 0 radical (unpaired) electrons. The predicted molar refractivity (Wildman–Crippen MR) is 99.4 cm³/mol. The van der Waals surface area contributed by atoms with E-state index in [1.807, 2.05) is 47.1 Å². The van der Waals surface area contributed by atoms with E-state index in [1.54, 1.807) is 37.6 Å². The Kier molecular flexibility index (Phi) is 4.07. The zero-order valence-corrected chi connectivity index (χ0v) is 14.1. The van der Waals surface area contributed by atoms with Gasteiger partial charge in [-0.1, -0.05) is 12.1 Å². The van der Waals surface area contributed by atoms with E-state index in [0.29, 0.717) is 17.1 Å². The van der Waals surface area contributed by atoms with Crippen LogP contribution in [0.2, 0.25) is 0 Å². The lowest BCUT2D eigenvalue weighted by Crippen LogP contribution is -2.11. The number of amides is 1. The maximum atomic E-state index is 12.3. The molecule has 4 rings (SSSR count). The van der Waals surface area contributed by atoms with Gasteiger partial charge in [0.25, 0.3) is 5.91 Å². The zero-order valence-electron chi connectivity index (χ0n) is 14.1. The zero-order chi connectivity index (χ0) is 17.9. The van der Waals surface area contributed by atoms with Crippen LogP contribution in [0.1, 0.15) is 10.4 Å². The van der Waals surface area contributed by atoms with Crippen molar-refractivity contribution >= 4 is 17.4 Å². The molecule has 0 aliphatic carbocycles. The van der Waals surface area contributed by atoms with Gasteiger partial charge >= 0.3 is 0 Å². The number of methoxy groups -OCH3 is 1. The summed E-state index contributed by atoms with van der Waals surface area (Å²) in [5.41, 5.74) is 3.08. The normalized spacial score (nSPS) is 10.7. The molecule has 0 aliphatic heterocycles. The minimum atomic E-state index is -0.169. The smallest absolute Gasteiger partial charge is 0.255 e. The first kappa shape index (κ1) is 15.8. The van der Waals surface area contributed by atoms with E-state index in [2.05, 4.69) is 15.3 Å². The molecule has 26 heavy (non-hydrogen) atoms. The highest BCUT2D eigenvalue weighted by Gasteiger charge is 2.08. The first-order valence-electron chi connectivity index (χ1n) is 8.08. The van der Waals surface area contributed by atoms with Gasteiger partial charge in [-0.2, -0.15) is 0 Å². The Hall–Kier alpha value is -3.67. The minimum Gasteiger partial charge on any atom is -0.497 e. The second-order valence-corrected chi connectivity index (χ2v) is 5.71. The molecule has 2 heterocycles. The molecule has 0 spiro atoms. The van der Waals surface area contributed by atoms with Crippen LogP contribution in [0.3, 0.4) is 0 Å². The number of rotatable bonds is 4. The number of nitrogens with one attached hydrogen (secondary N) is 1. The topological polar surface area (TPSA) is 68.5 Å². The van der Waals surface area contributed by atoms with Crippen LogP contribution >= 0.6 is 0 Å². The van der Waals surface area contributed by atoms with Crippen LogP contribution in [-0.2, 0) is 0 Å². The van der Waals surface area contributed by atoms with Crippen molar-refractivity contribution in [3.05, 3.63) is 78.8 Å². The lowest BCUT2D eigenvalue weighted by molar-refractivity contribution is 0.102. The Morgan fingerprint density at radius 1 is 1.08 bits per heavy atom. The molecule has 128 valence electrons. The fourth-order valence-corrected chi connectivity index (χ4v) is 2.64. The van der Waals surface area contributed by atoms with Crippen molar-refractivity contribution in [3.8, 4) is 17.0 Å². The van der Waals surface area contributed by atoms with Crippen LogP contribution in [0.25, 0.3) is 17.0 Å². The van der Waals surface area contributed by atoms with Gasteiger partial charge in [0.2, 0.25) is 5.78 Å². The van der Waals surface area contributed by atoms with Crippen molar-refractivity contribution < 1.29 is 9.53 Å². The standard InChI is InChI=1S/C20H16N4O2/c1-26-17-9-5-15(6-10-17)19(25)22-16-7-3-14(4-8-16)18-13-24-12-2-11-21-20(24)23-18/h2-13H,1H3,(H,22,25). The number of imidazole rings is 1. The minimum absolute atomic E-state index is 0.169. The molecular formula is C20H16N4O2. The van der Waals surface area contributed by atoms with Crippen molar-refractivity contribution in [2.24, 2.45) is 0 Å². The Balaban J connectivity index is 1.50. The largest absolute Gasteiger partial charge is 0.497 e. The quantitative estimate of drug-likeness (QED) is 0.613. The number of fused-ring (bicyclic) bond motifs is 1. The maximum absolute atomic E-state index is 12.3. The molecule has 1 amide bonds. The highest BCUT2D eigenvalue weighted by Crippen LogP contribution is 2.21. The van der Waals surface area contributed by atoms with Gasteiger partial charge in [-0.05, 0) is 42.5 Å². The first-order chi connectivity index (χ1) is 12.7. The molecule has 0 saturated heterocycles. The average molecular weight is 344 g/mol. The summed E-state index contributed by atoms with van der Waals surface area (Å²) in [5.74, 6) is 1.20. The summed E-state index contributed by atoms with van der Waals surface area (Å²) >= 11 is 0. The molecule has 2 aromatic carbocycles. The third-order valence-electron chi connectivity index (χ3n) is 4.03. The SMILES string of the molecule is COc1ccc(C(=O)Nc2ccc(-c3cn4cccnc4n3)cc2)cc1. The third-order valence-corrected chi connectivity index (χ3v) is 4.03. The van der Waals surface area contributed by atoms with E-state index < -0.39 is 0 Å². The van der Waals surface area contributed by atoms with E-state index in [0.717, 1.165) is 16.9 Å². The molecule has 0 saturated carbocycles. The molecule has 6 nitrogen and oxygen atoms in total. The first-order valence-corrected chi connectivity index (χ1v) is 8.08. The number of hydrogen-bond donors (Lipinski definition) is 1. The van der Waals surface area contributed by atoms with Gasteiger partial charge < -0.3 is 10.1 Å². The molecule has 0 atom stereocenters. The van der Waals surface area contributed by atoms with Crippen LogP contribution in [0.5, 0.6) is 5.75 Å². The fourth-order valence-electron chi connectivity index (χ4n) is 2.64. The van der Waals surface area contributed by atoms with Gasteiger partial charge in [-0.15, -0.1) is 0 Å². The number of carbonyl (C=O) groups is 1. The second-order valence-electron chi connectivity index (χ2n) is 5.71. The molecule has 0 bridgehead atoms. The van der Waals surface area contributed by atoms with Crippen molar-refractivity contribution in [3.63, 3.8) is 0 Å². The number of anilines is 1. The van der Waals surface area contributed by atoms with Gasteiger partial charge in [-0.3, -0.25) is 9.20 Å². The van der Waals surface area contributed by atoms with Crippen molar-refractivity contribution in [2.75, 3.05) is 12.4 Å². The number of carbonyl (C=O) groups excluding carboxylic acids is 1. The number of nitrogens with zero attached hydrogens (tertiary/aromatic N) is 3. The molecule has 2 aromatic heterocycles. The predicted octanol–water partition coefficient (Wildman–Crippen LogP) is 3.66. The van der Waals surface area contributed by atoms with Crippen LogP contribution < -0.4 is 10.1 Å². The summed E-state index contributed by atoms with van der Waals surface area (Å²) in [7, 11) is 1.59. The lowest BCUT2D eigenvalue weighted by atomic mass is 10.1. The van der Waals surface area contributed by atoms with E-state index in [4.69, 9.17) is 4.74 Å². The van der Waals surface area contributed by atoms with Gasteiger partial charge in [0.05, 0.1) is 12.8 Å². The Morgan fingerprint density at radius 3 is 2.54 bits per heavy atom. The summed E-state index contributed by atoms with van der Waals surface area (Å²) in [6.07, 6.45) is 5.54. The molecule has 4 aromatic rings. The van der Waals surface area contributed by atoms with Gasteiger partial charge in [0.15, 0.2) is 0 Å². The maximum Gasteiger partial charge on any atom is 0.255 e. The number of hydrogen-bond acceptors (Lipinski definition) is 4. The summed E-state index contributed by atoms with van der Waals surface area (Å²) in [4.78, 5) is 21.0. The van der Waals surface area contributed by atoms with E-state index >= 15 is 0 Å². The van der Waals surface area contributed by atoms with Crippen molar-refractivity contribution in [2.45, 2.75) is 0 Å². The summed E-state index contributed by atoms with van der Waals surface area (Å²) < 4.78 is 6.97. The number of ether oxygens (including phenoxy) is 1. The van der Waals surface area contributed by atoms with E-state index in [1.165, 1.54) is 0 Å². The lowest BCUT2D eigenvalue weighted by Gasteiger charge is -2.07. The monoisotopic (exact) mass is 344 g/mol. The fraction of sp³-hybridized carbons (Fsp3) is 0.0500. The Morgan fingerprint density at radius 2 is 1.85 bits per heavy atom. The molecular weight excluding hydrogens is 328 g/mol. The Labute approximate surface area is 150 Å². The summed E-state index contributed by atoms with van der Waals surface area (Å²) in [6.45, 7) is 0. The van der Waals surface area contributed by atoms with Crippen LogP contribution in [0, 0.1) is 0 Å². The van der Waals surface area contributed by atoms with Crippen LogP contribution in [-0.4, -0.2) is 27.4 Å². The Bertz CT molecular complexity index is 1020. The van der Waals surface area contributed by atoms with Crippen molar-refractivity contribution in [1.82, 2.24) is 14.4 Å². The van der Waals surface area contributed by atoms with Gasteiger partial charge in [-0.25, -0.2) is 9.97 Å². The van der Waals surface area contributed by atoms with Gasteiger partial charge in [0.1, 0.15) is 5.75 Å². The third kappa shape index (κ3) is 3.12. The average Bonchev–Trinajstić information content (AvgIpc) is 3.13. The molecule has 0 unspecified atom stereocenters. The highest BCUT2D eigenvalue weighted by atomic mass is 16.5. The molecule has 0 aliphatic rings. The highest BCUT2D eigenvalue weighted by molar-refractivity contribution is 6.04. The van der Waals surface area contributed by atoms with Crippen LogP contribution in [0.15, 0.2) is 73.2 Å². The van der Waals surface area contributed by atoms with E-state index in [-0.39, 0.29) is 5.91 Å². The van der Waals surface area contributed by atoms with Gasteiger partial charge in [0, 0.05) is 35.4 Å². The number of benzene rings is 2. The second kappa shape index (κ2) is 6.68. The summed E-state index contributed by atoms with van der Waals surface area (Å²) in [6, 6.07) is 16.4. The molecule has 1 N–H and O–H groups in total. The molecule has 6 heteroatoms. The summed E-state index contributed by atoms with van der Waals surface area (Å²) in [5, 5.41) is 2.88. The number of aromatic nitrogens is 3. The van der Waals surface area contributed by atoms with E-state index in [9.17, 15) is 4.79 Å².